The van der Waals surface area contributed by atoms with Crippen LogP contribution in [0.1, 0.15) is 82.3 Å². The van der Waals surface area contributed by atoms with Gasteiger partial charge in [-0.2, -0.15) is 0 Å². The Labute approximate surface area is 184 Å². The van der Waals surface area contributed by atoms with Gasteiger partial charge in [0.05, 0.1) is 0 Å². The van der Waals surface area contributed by atoms with E-state index in [1.165, 1.54) is 102 Å². The van der Waals surface area contributed by atoms with Crippen LogP contribution < -0.4 is 0 Å². The highest BCUT2D eigenvalue weighted by Crippen LogP contribution is 2.33. The molecule has 30 heavy (non-hydrogen) atoms. The average molecular weight is 414 g/mol. The Bertz CT molecular complexity index is 636. The molecular formula is C26H43N3O. The molecule has 3 heterocycles. The minimum Gasteiger partial charge on any atom is -0.362 e. The summed E-state index contributed by atoms with van der Waals surface area (Å²) in [6.45, 7) is 9.19. The van der Waals surface area contributed by atoms with Crippen molar-refractivity contribution in [1.82, 2.24) is 14.9 Å². The highest BCUT2D eigenvalue weighted by molar-refractivity contribution is 5.28. The normalized spacial score (nSPS) is 25.4. The van der Waals surface area contributed by atoms with E-state index >= 15 is 0 Å². The van der Waals surface area contributed by atoms with Crippen LogP contribution in [0.5, 0.6) is 0 Å². The lowest BCUT2D eigenvalue weighted by Crippen LogP contribution is -2.47. The summed E-state index contributed by atoms with van der Waals surface area (Å²) in [7, 11) is 0. The number of unbranched alkanes of at least 4 members (excludes halogenated alkanes) is 4. The van der Waals surface area contributed by atoms with Crippen LogP contribution >= 0.6 is 0 Å². The first-order valence-electron chi connectivity index (χ1n) is 12.8. The SMILES string of the molecule is CCCCCCN1C(OCCCCN2CCc3ccccc3C2)CC2CCCCN21. The Morgan fingerprint density at radius 2 is 1.80 bits per heavy atom. The van der Waals surface area contributed by atoms with Gasteiger partial charge < -0.3 is 4.74 Å². The van der Waals surface area contributed by atoms with Crippen molar-refractivity contribution in [2.24, 2.45) is 0 Å². The lowest BCUT2D eigenvalue weighted by atomic mass is 10.00. The summed E-state index contributed by atoms with van der Waals surface area (Å²) in [6.07, 6.45) is 14.7. The molecule has 1 aromatic rings. The van der Waals surface area contributed by atoms with Gasteiger partial charge in [-0.1, -0.05) is 56.9 Å². The molecule has 3 aliphatic heterocycles. The van der Waals surface area contributed by atoms with E-state index in [1.54, 1.807) is 5.56 Å². The molecule has 0 amide bonds. The first-order valence-corrected chi connectivity index (χ1v) is 12.8. The van der Waals surface area contributed by atoms with E-state index in [9.17, 15) is 0 Å². The maximum absolute atomic E-state index is 6.48. The van der Waals surface area contributed by atoms with Gasteiger partial charge in [0, 0.05) is 45.2 Å². The molecule has 4 heteroatoms. The molecule has 2 atom stereocenters. The zero-order valence-corrected chi connectivity index (χ0v) is 19.2. The Balaban J connectivity index is 1.17. The van der Waals surface area contributed by atoms with E-state index < -0.39 is 0 Å². The molecule has 0 bridgehead atoms. The van der Waals surface area contributed by atoms with E-state index in [4.69, 9.17) is 4.74 Å². The third-order valence-corrected chi connectivity index (χ3v) is 7.36. The zero-order chi connectivity index (χ0) is 20.6. The quantitative estimate of drug-likeness (QED) is 0.463. The van der Waals surface area contributed by atoms with Gasteiger partial charge in [0.2, 0.25) is 0 Å². The molecule has 0 radical (unpaired) electrons. The van der Waals surface area contributed by atoms with Crippen molar-refractivity contribution in [1.29, 1.82) is 0 Å². The van der Waals surface area contributed by atoms with Crippen molar-refractivity contribution >= 4 is 0 Å². The molecule has 2 fully saturated rings. The fourth-order valence-electron chi connectivity index (χ4n) is 5.61. The van der Waals surface area contributed by atoms with Crippen LogP contribution in [0, 0.1) is 0 Å². The molecule has 3 aliphatic rings. The Hall–Kier alpha value is -0.940. The predicted octanol–water partition coefficient (Wildman–Crippen LogP) is 5.22. The molecule has 2 unspecified atom stereocenters. The molecule has 0 aliphatic carbocycles. The number of ether oxygens (including phenoxy) is 1. The highest BCUT2D eigenvalue weighted by atomic mass is 16.5. The molecule has 1 aromatic carbocycles. The van der Waals surface area contributed by atoms with Gasteiger partial charge >= 0.3 is 0 Å². The van der Waals surface area contributed by atoms with E-state index in [-0.39, 0.29) is 0 Å². The molecule has 2 saturated heterocycles. The van der Waals surface area contributed by atoms with Gasteiger partial charge in [-0.25, -0.2) is 10.0 Å². The molecular weight excluding hydrogens is 370 g/mol. The molecule has 4 rings (SSSR count). The summed E-state index contributed by atoms with van der Waals surface area (Å²) in [5, 5.41) is 5.28. The third-order valence-electron chi connectivity index (χ3n) is 7.36. The Morgan fingerprint density at radius 1 is 0.933 bits per heavy atom. The van der Waals surface area contributed by atoms with Crippen LogP contribution in [-0.4, -0.2) is 60.0 Å². The number of hydrazine groups is 1. The van der Waals surface area contributed by atoms with Crippen molar-refractivity contribution in [2.75, 3.05) is 32.8 Å². The number of nitrogens with zero attached hydrogens (tertiary/aromatic N) is 3. The fraction of sp³-hybridized carbons (Fsp3) is 0.769. The number of benzene rings is 1. The van der Waals surface area contributed by atoms with Crippen LogP contribution in [0.4, 0.5) is 0 Å². The highest BCUT2D eigenvalue weighted by Gasteiger charge is 2.40. The van der Waals surface area contributed by atoms with Crippen LogP contribution in [-0.2, 0) is 17.7 Å². The van der Waals surface area contributed by atoms with Crippen molar-refractivity contribution < 1.29 is 4.74 Å². The molecule has 0 saturated carbocycles. The third kappa shape index (κ3) is 5.85. The summed E-state index contributed by atoms with van der Waals surface area (Å²) < 4.78 is 6.48. The van der Waals surface area contributed by atoms with E-state index in [0.29, 0.717) is 6.23 Å². The Morgan fingerprint density at radius 3 is 2.70 bits per heavy atom. The minimum atomic E-state index is 0.330. The lowest BCUT2D eigenvalue weighted by molar-refractivity contribution is -0.129. The van der Waals surface area contributed by atoms with Crippen LogP contribution in [0.25, 0.3) is 0 Å². The maximum Gasteiger partial charge on any atom is 0.124 e. The van der Waals surface area contributed by atoms with Crippen molar-refractivity contribution in [3.8, 4) is 0 Å². The second-order valence-electron chi connectivity index (χ2n) is 9.60. The van der Waals surface area contributed by atoms with E-state index in [0.717, 1.165) is 19.2 Å². The summed E-state index contributed by atoms with van der Waals surface area (Å²) in [5.41, 5.74) is 3.08. The van der Waals surface area contributed by atoms with Gasteiger partial charge in [0.1, 0.15) is 6.23 Å². The molecule has 0 aromatic heterocycles. The van der Waals surface area contributed by atoms with E-state index in [2.05, 4.69) is 46.1 Å². The Kier molecular flexibility index (Phi) is 8.62. The van der Waals surface area contributed by atoms with Gasteiger partial charge in [-0.05, 0) is 56.2 Å². The van der Waals surface area contributed by atoms with Crippen molar-refractivity contribution in [3.63, 3.8) is 0 Å². The second-order valence-corrected chi connectivity index (χ2v) is 9.60. The summed E-state index contributed by atoms with van der Waals surface area (Å²) >= 11 is 0. The van der Waals surface area contributed by atoms with Gasteiger partial charge in [-0.3, -0.25) is 4.90 Å². The largest absolute Gasteiger partial charge is 0.362 e. The summed E-state index contributed by atoms with van der Waals surface area (Å²) in [5.74, 6) is 0. The lowest BCUT2D eigenvalue weighted by Gasteiger charge is -2.37. The average Bonchev–Trinajstić information content (AvgIpc) is 3.14. The first-order chi connectivity index (χ1) is 14.8. The monoisotopic (exact) mass is 413 g/mol. The molecule has 4 nitrogen and oxygen atoms in total. The van der Waals surface area contributed by atoms with Gasteiger partial charge in [0.15, 0.2) is 0 Å². The summed E-state index contributed by atoms with van der Waals surface area (Å²) in [6, 6.07) is 9.69. The molecule has 0 N–H and O–H groups in total. The number of fused-ring (bicyclic) bond motifs is 2. The second kappa shape index (κ2) is 11.6. The number of piperidine rings is 1. The van der Waals surface area contributed by atoms with Crippen LogP contribution in [0.15, 0.2) is 24.3 Å². The number of hydrogen-bond acceptors (Lipinski definition) is 4. The van der Waals surface area contributed by atoms with Crippen molar-refractivity contribution in [2.45, 2.75) is 96.4 Å². The topological polar surface area (TPSA) is 19.0 Å². The number of rotatable bonds is 11. The standard InChI is InChI=1S/C26H43N3O/c1-2-3-4-8-18-29-26(21-25-14-7-9-17-28(25)29)30-20-11-10-16-27-19-15-23-12-5-6-13-24(23)22-27/h5-6,12-13,25-26H,2-4,7-11,14-22H2,1H3. The summed E-state index contributed by atoms with van der Waals surface area (Å²) in [4.78, 5) is 2.62. The van der Waals surface area contributed by atoms with Gasteiger partial charge in [0.25, 0.3) is 0 Å². The minimum absolute atomic E-state index is 0.330. The smallest absolute Gasteiger partial charge is 0.124 e. The maximum atomic E-state index is 6.48. The molecule has 168 valence electrons. The molecule has 0 spiro atoms. The van der Waals surface area contributed by atoms with Crippen LogP contribution in [0.2, 0.25) is 0 Å². The zero-order valence-electron chi connectivity index (χ0n) is 19.2. The van der Waals surface area contributed by atoms with Gasteiger partial charge in [-0.15, -0.1) is 0 Å². The fourth-order valence-corrected chi connectivity index (χ4v) is 5.61. The van der Waals surface area contributed by atoms with Crippen molar-refractivity contribution in [3.05, 3.63) is 35.4 Å². The van der Waals surface area contributed by atoms with E-state index in [1.807, 2.05) is 0 Å². The van der Waals surface area contributed by atoms with Crippen LogP contribution in [0.3, 0.4) is 0 Å². The predicted molar refractivity (Wildman–Crippen MR) is 124 cm³/mol. The number of hydrogen-bond donors (Lipinski definition) is 0. The first kappa shape index (κ1) is 22.3.